The topological polar surface area (TPSA) is 75.7 Å². The summed E-state index contributed by atoms with van der Waals surface area (Å²) in [5.74, 6) is 1.46. The standard InChI is InChI=1S/C25H27N3O3/c1-24(2,3)22-18(13-26-4)17-12-16(6-7-19(17)28-22)27-23(29)25(9-10-25)15-5-8-20-21(11-15)31-14-30-20/h5-8,11-12,28H,4,9-10,13-14H2,1-3H3,(H,27,29). The van der Waals surface area contributed by atoms with Crippen LogP contribution in [0.25, 0.3) is 10.9 Å². The molecular formula is C25H27N3O3. The second kappa shape index (κ2) is 6.87. The van der Waals surface area contributed by atoms with Crippen LogP contribution in [-0.4, -0.2) is 24.4 Å². The van der Waals surface area contributed by atoms with Gasteiger partial charge in [0.1, 0.15) is 0 Å². The highest BCUT2D eigenvalue weighted by atomic mass is 16.7. The van der Waals surface area contributed by atoms with Crippen molar-refractivity contribution in [2.75, 3.05) is 12.1 Å². The lowest BCUT2D eigenvalue weighted by molar-refractivity contribution is -0.118. The van der Waals surface area contributed by atoms with E-state index in [1.807, 2.05) is 36.4 Å². The van der Waals surface area contributed by atoms with Crippen molar-refractivity contribution >= 4 is 29.2 Å². The quantitative estimate of drug-likeness (QED) is 0.570. The zero-order chi connectivity index (χ0) is 21.8. The third kappa shape index (κ3) is 3.26. The highest BCUT2D eigenvalue weighted by molar-refractivity contribution is 6.03. The Labute approximate surface area is 181 Å². The molecule has 6 heteroatoms. The number of carbonyl (C=O) groups is 1. The second-order valence-electron chi connectivity index (χ2n) is 9.47. The summed E-state index contributed by atoms with van der Waals surface area (Å²) < 4.78 is 10.9. The van der Waals surface area contributed by atoms with Gasteiger partial charge < -0.3 is 19.8 Å². The molecule has 2 aliphatic rings. The molecule has 3 aromatic rings. The molecule has 0 saturated heterocycles. The van der Waals surface area contributed by atoms with Crippen LogP contribution in [0.4, 0.5) is 5.69 Å². The van der Waals surface area contributed by atoms with Crippen LogP contribution in [0.3, 0.4) is 0 Å². The van der Waals surface area contributed by atoms with Gasteiger partial charge in [-0.3, -0.25) is 9.79 Å². The molecule has 2 heterocycles. The van der Waals surface area contributed by atoms with Gasteiger partial charge in [0, 0.05) is 33.3 Å². The minimum absolute atomic E-state index is 0.0145. The number of amides is 1. The minimum atomic E-state index is -0.504. The molecule has 0 radical (unpaired) electrons. The van der Waals surface area contributed by atoms with E-state index in [0.717, 1.165) is 52.0 Å². The van der Waals surface area contributed by atoms with Gasteiger partial charge >= 0.3 is 0 Å². The van der Waals surface area contributed by atoms with E-state index in [1.54, 1.807) is 0 Å². The van der Waals surface area contributed by atoms with Gasteiger partial charge in [0.2, 0.25) is 12.7 Å². The van der Waals surface area contributed by atoms with E-state index < -0.39 is 5.41 Å². The number of hydrogen-bond acceptors (Lipinski definition) is 4. The third-order valence-corrected chi connectivity index (χ3v) is 6.29. The Morgan fingerprint density at radius 1 is 1.16 bits per heavy atom. The monoisotopic (exact) mass is 417 g/mol. The highest BCUT2D eigenvalue weighted by Gasteiger charge is 2.51. The van der Waals surface area contributed by atoms with Crippen LogP contribution < -0.4 is 14.8 Å². The summed E-state index contributed by atoms with van der Waals surface area (Å²) in [4.78, 5) is 21.0. The summed E-state index contributed by atoms with van der Waals surface area (Å²) in [6.07, 6.45) is 1.65. The number of ether oxygens (including phenoxy) is 2. The first-order chi connectivity index (χ1) is 14.8. The Morgan fingerprint density at radius 2 is 1.94 bits per heavy atom. The van der Waals surface area contributed by atoms with Crippen LogP contribution in [0.1, 0.15) is 50.4 Å². The molecule has 0 unspecified atom stereocenters. The predicted molar refractivity (Wildman–Crippen MR) is 122 cm³/mol. The average Bonchev–Trinajstić information content (AvgIpc) is 3.27. The van der Waals surface area contributed by atoms with Gasteiger partial charge in [0.25, 0.3) is 0 Å². The van der Waals surface area contributed by atoms with Crippen molar-refractivity contribution in [2.45, 2.75) is 51.0 Å². The number of aliphatic imine (C=N–C) groups is 1. The number of rotatable bonds is 5. The van der Waals surface area contributed by atoms with Crippen molar-refractivity contribution in [3.63, 3.8) is 0 Å². The molecule has 1 fully saturated rings. The Hall–Kier alpha value is -3.28. The van der Waals surface area contributed by atoms with Crippen molar-refractivity contribution in [1.82, 2.24) is 4.98 Å². The molecule has 1 amide bonds. The fourth-order valence-corrected chi connectivity index (χ4v) is 4.46. The summed E-state index contributed by atoms with van der Waals surface area (Å²) in [6, 6.07) is 11.8. The van der Waals surface area contributed by atoms with E-state index in [2.05, 4.69) is 42.8 Å². The average molecular weight is 418 g/mol. The van der Waals surface area contributed by atoms with E-state index >= 15 is 0 Å². The fourth-order valence-electron chi connectivity index (χ4n) is 4.46. The number of benzene rings is 2. The van der Waals surface area contributed by atoms with Crippen LogP contribution in [-0.2, 0) is 22.2 Å². The normalized spacial score (nSPS) is 16.4. The third-order valence-electron chi connectivity index (χ3n) is 6.29. The minimum Gasteiger partial charge on any atom is -0.454 e. The van der Waals surface area contributed by atoms with Crippen molar-refractivity contribution in [3.05, 3.63) is 53.2 Å². The molecule has 1 aromatic heterocycles. The Balaban J connectivity index is 1.45. The number of fused-ring (bicyclic) bond motifs is 2. The highest BCUT2D eigenvalue weighted by Crippen LogP contribution is 2.51. The Kier molecular flexibility index (Phi) is 4.36. The van der Waals surface area contributed by atoms with Gasteiger partial charge in [0.15, 0.2) is 11.5 Å². The van der Waals surface area contributed by atoms with E-state index in [9.17, 15) is 4.79 Å². The zero-order valence-corrected chi connectivity index (χ0v) is 18.2. The molecular weight excluding hydrogens is 390 g/mol. The maximum absolute atomic E-state index is 13.3. The summed E-state index contributed by atoms with van der Waals surface area (Å²) in [7, 11) is 0. The van der Waals surface area contributed by atoms with Gasteiger partial charge in [-0.05, 0) is 55.5 Å². The van der Waals surface area contributed by atoms with E-state index in [4.69, 9.17) is 9.47 Å². The first kappa shape index (κ1) is 19.7. The van der Waals surface area contributed by atoms with Crippen LogP contribution in [0.2, 0.25) is 0 Å². The fraction of sp³-hybridized carbons (Fsp3) is 0.360. The number of carbonyl (C=O) groups excluding carboxylic acids is 1. The summed E-state index contributed by atoms with van der Waals surface area (Å²) >= 11 is 0. The van der Waals surface area contributed by atoms with Crippen molar-refractivity contribution in [2.24, 2.45) is 4.99 Å². The molecule has 0 spiro atoms. The molecule has 31 heavy (non-hydrogen) atoms. The van der Waals surface area contributed by atoms with Crippen LogP contribution in [0.5, 0.6) is 11.5 Å². The molecule has 160 valence electrons. The molecule has 0 atom stereocenters. The maximum Gasteiger partial charge on any atom is 0.235 e. The largest absolute Gasteiger partial charge is 0.454 e. The number of H-pyrrole nitrogens is 1. The first-order valence-corrected chi connectivity index (χ1v) is 10.6. The van der Waals surface area contributed by atoms with Gasteiger partial charge in [-0.1, -0.05) is 26.8 Å². The number of aromatic amines is 1. The van der Waals surface area contributed by atoms with Crippen molar-refractivity contribution in [3.8, 4) is 11.5 Å². The Morgan fingerprint density at radius 3 is 2.65 bits per heavy atom. The summed E-state index contributed by atoms with van der Waals surface area (Å²) in [5, 5.41) is 4.22. The molecule has 2 aromatic carbocycles. The maximum atomic E-state index is 13.3. The molecule has 1 aliphatic carbocycles. The van der Waals surface area contributed by atoms with E-state index in [1.165, 1.54) is 0 Å². The van der Waals surface area contributed by atoms with Gasteiger partial charge in [-0.25, -0.2) is 0 Å². The summed E-state index contributed by atoms with van der Waals surface area (Å²) in [6.45, 7) is 11.0. The molecule has 1 aliphatic heterocycles. The molecule has 1 saturated carbocycles. The number of hydrogen-bond donors (Lipinski definition) is 2. The van der Waals surface area contributed by atoms with Crippen molar-refractivity contribution < 1.29 is 14.3 Å². The van der Waals surface area contributed by atoms with Gasteiger partial charge in [-0.2, -0.15) is 0 Å². The van der Waals surface area contributed by atoms with Crippen LogP contribution in [0, 0.1) is 0 Å². The van der Waals surface area contributed by atoms with Gasteiger partial charge in [-0.15, -0.1) is 0 Å². The first-order valence-electron chi connectivity index (χ1n) is 10.6. The SMILES string of the molecule is C=NCc1c(C(C)(C)C)[nH]c2ccc(NC(=O)C3(c4ccc5c(c4)OCO5)CC3)cc12. The lowest BCUT2D eigenvalue weighted by Crippen LogP contribution is -2.27. The smallest absolute Gasteiger partial charge is 0.235 e. The number of anilines is 1. The molecule has 0 bridgehead atoms. The van der Waals surface area contributed by atoms with Crippen molar-refractivity contribution in [1.29, 1.82) is 0 Å². The van der Waals surface area contributed by atoms with Crippen LogP contribution >= 0.6 is 0 Å². The van der Waals surface area contributed by atoms with E-state index in [-0.39, 0.29) is 18.1 Å². The second-order valence-corrected chi connectivity index (χ2v) is 9.47. The predicted octanol–water partition coefficient (Wildman–Crippen LogP) is 5.07. The van der Waals surface area contributed by atoms with E-state index in [0.29, 0.717) is 12.3 Å². The molecule has 2 N–H and O–H groups in total. The zero-order valence-electron chi connectivity index (χ0n) is 18.2. The Bertz CT molecular complexity index is 1200. The number of aromatic nitrogens is 1. The lowest BCUT2D eigenvalue weighted by Gasteiger charge is -2.19. The number of nitrogens with zero attached hydrogens (tertiary/aromatic N) is 1. The van der Waals surface area contributed by atoms with Crippen LogP contribution in [0.15, 0.2) is 41.4 Å². The molecule has 6 nitrogen and oxygen atoms in total. The van der Waals surface area contributed by atoms with Gasteiger partial charge in [0.05, 0.1) is 12.0 Å². The summed E-state index contributed by atoms with van der Waals surface area (Å²) in [5.41, 5.74) is 4.54. The molecule has 5 rings (SSSR count). The number of nitrogens with one attached hydrogen (secondary N) is 2. The lowest BCUT2D eigenvalue weighted by atomic mass is 9.89.